The first kappa shape index (κ1) is 11.2. The first-order chi connectivity index (χ1) is 7.26. The second-order valence-corrected chi connectivity index (χ2v) is 4.81. The fourth-order valence-electron chi connectivity index (χ4n) is 1.38. The molecule has 0 saturated carbocycles. The van der Waals surface area contributed by atoms with Crippen LogP contribution in [0.4, 0.5) is 0 Å². The molecule has 1 aromatic carbocycles. The molecular weight excluding hydrogens is 279 g/mol. The van der Waals surface area contributed by atoms with E-state index in [0.29, 0.717) is 11.6 Å². The van der Waals surface area contributed by atoms with E-state index in [0.717, 1.165) is 24.3 Å². The third-order valence-electron chi connectivity index (χ3n) is 2.47. The number of alkyl halides is 1. The number of hydrogen-bond acceptors (Lipinski definition) is 2. The van der Waals surface area contributed by atoms with Gasteiger partial charge in [0.05, 0.1) is 30.3 Å². The van der Waals surface area contributed by atoms with Gasteiger partial charge in [0.1, 0.15) is 5.75 Å². The second kappa shape index (κ2) is 4.73. The molecule has 0 atom stereocenters. The zero-order valence-electron chi connectivity index (χ0n) is 8.21. The first-order valence-corrected chi connectivity index (χ1v) is 6.27. The Kier molecular flexibility index (Phi) is 3.54. The SMILES string of the molecule is Clc1ccccc1OCC1(CBr)COC1. The van der Waals surface area contributed by atoms with Crippen molar-refractivity contribution in [2.75, 3.05) is 25.2 Å². The van der Waals surface area contributed by atoms with Gasteiger partial charge < -0.3 is 9.47 Å². The van der Waals surface area contributed by atoms with Gasteiger partial charge in [0.15, 0.2) is 0 Å². The normalized spacial score (nSPS) is 18.3. The number of halogens is 2. The zero-order valence-corrected chi connectivity index (χ0v) is 10.6. The molecule has 0 radical (unpaired) electrons. The molecule has 82 valence electrons. The van der Waals surface area contributed by atoms with Gasteiger partial charge in [-0.1, -0.05) is 39.7 Å². The lowest BCUT2D eigenvalue weighted by atomic mass is 9.90. The van der Waals surface area contributed by atoms with Gasteiger partial charge in [-0.15, -0.1) is 0 Å². The van der Waals surface area contributed by atoms with E-state index >= 15 is 0 Å². The monoisotopic (exact) mass is 290 g/mol. The van der Waals surface area contributed by atoms with Gasteiger partial charge in [-0.05, 0) is 12.1 Å². The van der Waals surface area contributed by atoms with Crippen LogP contribution in [0, 0.1) is 5.41 Å². The maximum Gasteiger partial charge on any atom is 0.137 e. The van der Waals surface area contributed by atoms with Crippen LogP contribution in [0.15, 0.2) is 24.3 Å². The maximum absolute atomic E-state index is 5.99. The topological polar surface area (TPSA) is 18.5 Å². The summed E-state index contributed by atoms with van der Waals surface area (Å²) in [4.78, 5) is 0. The van der Waals surface area contributed by atoms with E-state index in [4.69, 9.17) is 21.1 Å². The number of benzene rings is 1. The molecule has 1 fully saturated rings. The van der Waals surface area contributed by atoms with Crippen molar-refractivity contribution in [2.24, 2.45) is 5.41 Å². The Hall–Kier alpha value is -0.250. The fraction of sp³-hybridized carbons (Fsp3) is 0.455. The molecule has 1 heterocycles. The predicted octanol–water partition coefficient (Wildman–Crippen LogP) is 3.13. The average molecular weight is 292 g/mol. The molecule has 2 rings (SSSR count). The molecule has 0 unspecified atom stereocenters. The number of ether oxygens (including phenoxy) is 2. The van der Waals surface area contributed by atoms with E-state index in [1.807, 2.05) is 24.3 Å². The molecule has 0 amide bonds. The van der Waals surface area contributed by atoms with Gasteiger partial charge >= 0.3 is 0 Å². The third kappa shape index (κ3) is 2.47. The van der Waals surface area contributed by atoms with Crippen LogP contribution in [0.1, 0.15) is 0 Å². The lowest BCUT2D eigenvalue weighted by Gasteiger charge is -2.39. The summed E-state index contributed by atoms with van der Waals surface area (Å²) in [6, 6.07) is 7.51. The summed E-state index contributed by atoms with van der Waals surface area (Å²) in [6.07, 6.45) is 0. The Labute approximate surface area is 103 Å². The van der Waals surface area contributed by atoms with Gasteiger partial charge in [0.25, 0.3) is 0 Å². The number of para-hydroxylation sites is 1. The molecule has 1 saturated heterocycles. The predicted molar refractivity (Wildman–Crippen MR) is 64.0 cm³/mol. The van der Waals surface area contributed by atoms with Gasteiger partial charge in [0, 0.05) is 5.33 Å². The van der Waals surface area contributed by atoms with Crippen molar-refractivity contribution >= 4 is 27.5 Å². The summed E-state index contributed by atoms with van der Waals surface area (Å²) in [5.74, 6) is 0.742. The van der Waals surface area contributed by atoms with E-state index in [2.05, 4.69) is 15.9 Å². The molecule has 1 aliphatic heterocycles. The minimum atomic E-state index is 0.124. The third-order valence-corrected chi connectivity index (χ3v) is 3.97. The van der Waals surface area contributed by atoms with Crippen LogP contribution in [-0.4, -0.2) is 25.2 Å². The van der Waals surface area contributed by atoms with Gasteiger partial charge in [-0.3, -0.25) is 0 Å². The smallest absolute Gasteiger partial charge is 0.137 e. The quantitative estimate of drug-likeness (QED) is 0.794. The lowest BCUT2D eigenvalue weighted by molar-refractivity contribution is -0.116. The Balaban J connectivity index is 1.95. The van der Waals surface area contributed by atoms with Crippen molar-refractivity contribution < 1.29 is 9.47 Å². The molecule has 4 heteroatoms. The summed E-state index contributed by atoms with van der Waals surface area (Å²) >= 11 is 9.47. The van der Waals surface area contributed by atoms with Gasteiger partial charge in [0.2, 0.25) is 0 Å². The minimum Gasteiger partial charge on any atom is -0.491 e. The summed E-state index contributed by atoms with van der Waals surface area (Å²) in [7, 11) is 0. The Morgan fingerprint density at radius 3 is 2.67 bits per heavy atom. The standard InChI is InChI=1S/C11H12BrClO2/c12-5-11(6-14-7-11)8-15-10-4-2-1-3-9(10)13/h1-4H,5-8H2. The molecule has 0 spiro atoms. The Bertz CT molecular complexity index is 334. The van der Waals surface area contributed by atoms with Gasteiger partial charge in [-0.25, -0.2) is 0 Å². The van der Waals surface area contributed by atoms with E-state index in [-0.39, 0.29) is 5.41 Å². The Morgan fingerprint density at radius 1 is 1.40 bits per heavy atom. The van der Waals surface area contributed by atoms with Crippen molar-refractivity contribution in [3.8, 4) is 5.75 Å². The summed E-state index contributed by atoms with van der Waals surface area (Å²) in [5.41, 5.74) is 0.124. The van der Waals surface area contributed by atoms with Crippen LogP contribution >= 0.6 is 27.5 Å². The van der Waals surface area contributed by atoms with Crippen molar-refractivity contribution in [3.63, 3.8) is 0 Å². The van der Waals surface area contributed by atoms with E-state index in [9.17, 15) is 0 Å². The molecule has 1 aliphatic rings. The van der Waals surface area contributed by atoms with Crippen LogP contribution in [0.2, 0.25) is 5.02 Å². The maximum atomic E-state index is 5.99. The fourth-order valence-corrected chi connectivity index (χ4v) is 2.06. The van der Waals surface area contributed by atoms with Crippen LogP contribution < -0.4 is 4.74 Å². The largest absolute Gasteiger partial charge is 0.491 e. The minimum absolute atomic E-state index is 0.124. The number of rotatable bonds is 4. The van der Waals surface area contributed by atoms with Crippen LogP contribution in [0.5, 0.6) is 5.75 Å². The second-order valence-electron chi connectivity index (χ2n) is 3.85. The van der Waals surface area contributed by atoms with Crippen LogP contribution in [0.25, 0.3) is 0 Å². The van der Waals surface area contributed by atoms with Crippen molar-refractivity contribution in [2.45, 2.75) is 0 Å². The summed E-state index contributed by atoms with van der Waals surface area (Å²) < 4.78 is 10.9. The van der Waals surface area contributed by atoms with E-state index in [1.165, 1.54) is 0 Å². The molecule has 0 N–H and O–H groups in total. The highest BCUT2D eigenvalue weighted by Gasteiger charge is 2.38. The average Bonchev–Trinajstić information content (AvgIpc) is 2.19. The number of hydrogen-bond donors (Lipinski definition) is 0. The van der Waals surface area contributed by atoms with Crippen molar-refractivity contribution in [3.05, 3.63) is 29.3 Å². The molecular formula is C11H12BrClO2. The van der Waals surface area contributed by atoms with Crippen LogP contribution in [0.3, 0.4) is 0 Å². The van der Waals surface area contributed by atoms with Crippen molar-refractivity contribution in [1.82, 2.24) is 0 Å². The Morgan fingerprint density at radius 2 is 2.13 bits per heavy atom. The van der Waals surface area contributed by atoms with Gasteiger partial charge in [-0.2, -0.15) is 0 Å². The molecule has 0 aromatic heterocycles. The van der Waals surface area contributed by atoms with Crippen molar-refractivity contribution in [1.29, 1.82) is 0 Å². The highest BCUT2D eigenvalue weighted by atomic mass is 79.9. The molecule has 2 nitrogen and oxygen atoms in total. The van der Waals surface area contributed by atoms with E-state index in [1.54, 1.807) is 0 Å². The molecule has 1 aromatic rings. The lowest BCUT2D eigenvalue weighted by Crippen LogP contribution is -2.48. The summed E-state index contributed by atoms with van der Waals surface area (Å²) in [5, 5.41) is 1.55. The first-order valence-electron chi connectivity index (χ1n) is 4.77. The molecule has 0 aliphatic carbocycles. The van der Waals surface area contributed by atoms with E-state index < -0.39 is 0 Å². The molecule has 15 heavy (non-hydrogen) atoms. The highest BCUT2D eigenvalue weighted by molar-refractivity contribution is 9.09. The zero-order chi connectivity index (χ0) is 10.7. The molecule has 0 bridgehead atoms. The summed E-state index contributed by atoms with van der Waals surface area (Å²) in [6.45, 7) is 2.15. The highest BCUT2D eigenvalue weighted by Crippen LogP contribution is 2.32. The van der Waals surface area contributed by atoms with Crippen LogP contribution in [-0.2, 0) is 4.74 Å².